The summed E-state index contributed by atoms with van der Waals surface area (Å²) in [6.45, 7) is 3.85. The Bertz CT molecular complexity index is 1120. The lowest BCUT2D eigenvalue weighted by atomic mass is 10.2. The van der Waals surface area contributed by atoms with Crippen LogP contribution in [0.2, 0.25) is 0 Å². The van der Waals surface area contributed by atoms with Gasteiger partial charge in [-0.3, -0.25) is 14.8 Å². The summed E-state index contributed by atoms with van der Waals surface area (Å²) in [5, 5.41) is 7.17. The SMILES string of the molecule is Cc1cc(C)n(-c2cc(NC(=O)c3ccc4nccnc4c3)ncn2)n1. The van der Waals surface area contributed by atoms with Gasteiger partial charge in [-0.15, -0.1) is 0 Å². The number of aromatic nitrogens is 6. The van der Waals surface area contributed by atoms with Crippen LogP contribution in [-0.4, -0.2) is 35.6 Å². The van der Waals surface area contributed by atoms with Crippen LogP contribution >= 0.6 is 0 Å². The van der Waals surface area contributed by atoms with Gasteiger partial charge in [0, 0.05) is 29.7 Å². The summed E-state index contributed by atoms with van der Waals surface area (Å²) in [4.78, 5) is 29.3. The Morgan fingerprint density at radius 2 is 1.77 bits per heavy atom. The number of hydrogen-bond acceptors (Lipinski definition) is 6. The highest BCUT2D eigenvalue weighted by Crippen LogP contribution is 2.15. The van der Waals surface area contributed by atoms with Crippen LogP contribution in [-0.2, 0) is 0 Å². The number of nitrogens with one attached hydrogen (secondary N) is 1. The van der Waals surface area contributed by atoms with Crippen molar-refractivity contribution in [3.8, 4) is 5.82 Å². The van der Waals surface area contributed by atoms with E-state index in [1.807, 2.05) is 19.9 Å². The second-order valence-electron chi connectivity index (χ2n) is 5.81. The third-order valence-corrected chi connectivity index (χ3v) is 3.85. The zero-order chi connectivity index (χ0) is 18.1. The molecule has 0 fully saturated rings. The zero-order valence-corrected chi connectivity index (χ0v) is 14.2. The van der Waals surface area contributed by atoms with E-state index in [1.165, 1.54) is 6.33 Å². The van der Waals surface area contributed by atoms with Gasteiger partial charge in [0.1, 0.15) is 12.1 Å². The smallest absolute Gasteiger partial charge is 0.256 e. The van der Waals surface area contributed by atoms with Crippen molar-refractivity contribution >= 4 is 22.8 Å². The van der Waals surface area contributed by atoms with Crippen LogP contribution in [0.4, 0.5) is 5.82 Å². The highest BCUT2D eigenvalue weighted by Gasteiger charge is 2.11. The van der Waals surface area contributed by atoms with Gasteiger partial charge < -0.3 is 5.32 Å². The van der Waals surface area contributed by atoms with E-state index in [0.29, 0.717) is 22.7 Å². The fourth-order valence-corrected chi connectivity index (χ4v) is 2.69. The molecule has 4 aromatic rings. The summed E-state index contributed by atoms with van der Waals surface area (Å²) in [7, 11) is 0. The Morgan fingerprint density at radius 1 is 0.962 bits per heavy atom. The van der Waals surface area contributed by atoms with E-state index in [9.17, 15) is 4.79 Å². The first-order chi connectivity index (χ1) is 12.6. The van der Waals surface area contributed by atoms with Gasteiger partial charge >= 0.3 is 0 Å². The monoisotopic (exact) mass is 345 g/mol. The third kappa shape index (κ3) is 3.00. The molecule has 8 nitrogen and oxygen atoms in total. The van der Waals surface area contributed by atoms with E-state index in [4.69, 9.17) is 0 Å². The highest BCUT2D eigenvalue weighted by molar-refractivity contribution is 6.05. The molecule has 0 spiro atoms. The molecular weight excluding hydrogens is 330 g/mol. The summed E-state index contributed by atoms with van der Waals surface area (Å²) in [5.74, 6) is 0.702. The van der Waals surface area contributed by atoms with Gasteiger partial charge in [-0.25, -0.2) is 14.6 Å². The predicted octanol–water partition coefficient (Wildman–Crippen LogP) is 2.47. The summed E-state index contributed by atoms with van der Waals surface area (Å²) < 4.78 is 1.71. The van der Waals surface area contributed by atoms with Crippen LogP contribution in [0.25, 0.3) is 16.9 Å². The maximum atomic E-state index is 12.5. The summed E-state index contributed by atoms with van der Waals surface area (Å²) >= 11 is 0. The first kappa shape index (κ1) is 15.8. The average molecular weight is 345 g/mol. The molecule has 0 aliphatic carbocycles. The lowest BCUT2D eigenvalue weighted by molar-refractivity contribution is 0.102. The summed E-state index contributed by atoms with van der Waals surface area (Å²) in [6.07, 6.45) is 4.60. The number of fused-ring (bicyclic) bond motifs is 1. The molecule has 0 atom stereocenters. The Hall–Kier alpha value is -3.68. The molecule has 0 aliphatic rings. The maximum absolute atomic E-state index is 12.5. The zero-order valence-electron chi connectivity index (χ0n) is 14.2. The van der Waals surface area contributed by atoms with Crippen molar-refractivity contribution in [2.45, 2.75) is 13.8 Å². The van der Waals surface area contributed by atoms with Crippen molar-refractivity contribution in [1.29, 1.82) is 0 Å². The number of carbonyl (C=O) groups excluding carboxylic acids is 1. The first-order valence-corrected chi connectivity index (χ1v) is 7.98. The van der Waals surface area contributed by atoms with E-state index in [1.54, 1.807) is 41.3 Å². The Kier molecular flexibility index (Phi) is 3.85. The van der Waals surface area contributed by atoms with Crippen molar-refractivity contribution in [3.05, 3.63) is 66.0 Å². The third-order valence-electron chi connectivity index (χ3n) is 3.85. The molecule has 1 amide bonds. The van der Waals surface area contributed by atoms with Gasteiger partial charge in [0.05, 0.1) is 16.7 Å². The predicted molar refractivity (Wildman–Crippen MR) is 96.1 cm³/mol. The molecule has 26 heavy (non-hydrogen) atoms. The van der Waals surface area contributed by atoms with Gasteiger partial charge in [0.15, 0.2) is 5.82 Å². The van der Waals surface area contributed by atoms with Gasteiger partial charge in [0.2, 0.25) is 0 Å². The van der Waals surface area contributed by atoms with Gasteiger partial charge in [-0.1, -0.05) is 0 Å². The number of amides is 1. The van der Waals surface area contributed by atoms with Gasteiger partial charge in [-0.05, 0) is 38.1 Å². The van der Waals surface area contributed by atoms with Gasteiger partial charge in [0.25, 0.3) is 5.91 Å². The van der Waals surface area contributed by atoms with E-state index >= 15 is 0 Å². The molecule has 128 valence electrons. The standard InChI is InChI=1S/C18H15N7O/c1-11-7-12(2)25(24-11)17-9-16(21-10-22-17)23-18(26)13-3-4-14-15(8-13)20-6-5-19-14/h3-10H,1-2H3,(H,21,22,23,26). The normalized spacial score (nSPS) is 10.8. The number of anilines is 1. The lowest BCUT2D eigenvalue weighted by Crippen LogP contribution is -2.14. The van der Waals surface area contributed by atoms with E-state index < -0.39 is 0 Å². The minimum atomic E-state index is -0.282. The number of nitrogens with zero attached hydrogens (tertiary/aromatic N) is 6. The molecule has 0 unspecified atom stereocenters. The maximum Gasteiger partial charge on any atom is 0.256 e. The van der Waals surface area contributed by atoms with Crippen molar-refractivity contribution in [2.75, 3.05) is 5.32 Å². The van der Waals surface area contributed by atoms with E-state index in [-0.39, 0.29) is 5.91 Å². The molecule has 0 aliphatic heterocycles. The largest absolute Gasteiger partial charge is 0.306 e. The topological polar surface area (TPSA) is 98.5 Å². The minimum absolute atomic E-state index is 0.282. The van der Waals surface area contributed by atoms with Crippen molar-refractivity contribution in [2.24, 2.45) is 0 Å². The molecule has 0 saturated heterocycles. The molecule has 0 bridgehead atoms. The first-order valence-electron chi connectivity index (χ1n) is 7.98. The molecule has 4 rings (SSSR count). The Morgan fingerprint density at radius 3 is 2.54 bits per heavy atom. The number of aryl methyl sites for hydroxylation is 2. The van der Waals surface area contributed by atoms with Crippen LogP contribution in [0.1, 0.15) is 21.7 Å². The average Bonchev–Trinajstić information content (AvgIpc) is 2.99. The van der Waals surface area contributed by atoms with Crippen molar-refractivity contribution in [1.82, 2.24) is 29.7 Å². The van der Waals surface area contributed by atoms with Crippen LogP contribution in [0.15, 0.2) is 49.1 Å². The molecule has 1 aromatic carbocycles. The highest BCUT2D eigenvalue weighted by atomic mass is 16.1. The number of hydrogen-bond donors (Lipinski definition) is 1. The van der Waals surface area contributed by atoms with Gasteiger partial charge in [-0.2, -0.15) is 5.10 Å². The van der Waals surface area contributed by atoms with Crippen LogP contribution in [0.3, 0.4) is 0 Å². The second kappa shape index (κ2) is 6.32. The summed E-state index contributed by atoms with van der Waals surface area (Å²) in [6, 6.07) is 8.80. The second-order valence-corrected chi connectivity index (χ2v) is 5.81. The number of benzene rings is 1. The van der Waals surface area contributed by atoms with E-state index in [2.05, 4.69) is 30.4 Å². The van der Waals surface area contributed by atoms with E-state index in [0.717, 1.165) is 16.9 Å². The molecule has 0 saturated carbocycles. The van der Waals surface area contributed by atoms with Crippen LogP contribution in [0.5, 0.6) is 0 Å². The summed E-state index contributed by atoms with van der Waals surface area (Å²) in [5.41, 5.74) is 3.71. The Balaban J connectivity index is 1.61. The Labute approximate surface area is 149 Å². The fraction of sp³-hybridized carbons (Fsp3) is 0.111. The molecule has 0 radical (unpaired) electrons. The van der Waals surface area contributed by atoms with Crippen molar-refractivity contribution < 1.29 is 4.79 Å². The fourth-order valence-electron chi connectivity index (χ4n) is 2.69. The number of rotatable bonds is 3. The minimum Gasteiger partial charge on any atom is -0.306 e. The number of carbonyl (C=O) groups is 1. The molecule has 1 N–H and O–H groups in total. The quantitative estimate of drug-likeness (QED) is 0.612. The molecular formula is C18H15N7O. The molecule has 3 aromatic heterocycles. The molecule has 3 heterocycles. The lowest BCUT2D eigenvalue weighted by Gasteiger charge is -2.07. The van der Waals surface area contributed by atoms with Crippen molar-refractivity contribution in [3.63, 3.8) is 0 Å². The molecule has 8 heteroatoms. The van der Waals surface area contributed by atoms with Crippen LogP contribution in [0, 0.1) is 13.8 Å². The van der Waals surface area contributed by atoms with Crippen LogP contribution < -0.4 is 5.32 Å².